The van der Waals surface area contributed by atoms with Crippen LogP contribution in [0.5, 0.6) is 5.88 Å². The van der Waals surface area contributed by atoms with Crippen LogP contribution in [0.1, 0.15) is 17.2 Å². The summed E-state index contributed by atoms with van der Waals surface area (Å²) in [6, 6.07) is 7.14. The molecule has 18 heavy (non-hydrogen) atoms. The SMILES string of the molecule is COc1ccc(CC(O)c2cccnc2N)cn1. The van der Waals surface area contributed by atoms with Crippen molar-refractivity contribution in [3.05, 3.63) is 47.8 Å². The maximum atomic E-state index is 10.1. The van der Waals surface area contributed by atoms with E-state index in [1.807, 2.05) is 6.07 Å². The lowest BCUT2D eigenvalue weighted by atomic mass is 10.0. The smallest absolute Gasteiger partial charge is 0.212 e. The quantitative estimate of drug-likeness (QED) is 0.849. The van der Waals surface area contributed by atoms with E-state index in [4.69, 9.17) is 10.5 Å². The van der Waals surface area contributed by atoms with E-state index < -0.39 is 6.10 Å². The highest BCUT2D eigenvalue weighted by Gasteiger charge is 2.12. The fourth-order valence-corrected chi connectivity index (χ4v) is 1.70. The Labute approximate surface area is 105 Å². The van der Waals surface area contributed by atoms with E-state index in [0.29, 0.717) is 23.7 Å². The lowest BCUT2D eigenvalue weighted by molar-refractivity contribution is 0.178. The summed E-state index contributed by atoms with van der Waals surface area (Å²) in [6.45, 7) is 0. The molecule has 0 aliphatic rings. The van der Waals surface area contributed by atoms with Crippen molar-refractivity contribution >= 4 is 5.82 Å². The van der Waals surface area contributed by atoms with Gasteiger partial charge in [0.15, 0.2) is 0 Å². The van der Waals surface area contributed by atoms with Crippen molar-refractivity contribution in [1.29, 1.82) is 0 Å². The van der Waals surface area contributed by atoms with Gasteiger partial charge in [0.1, 0.15) is 5.82 Å². The van der Waals surface area contributed by atoms with Gasteiger partial charge in [-0.1, -0.05) is 12.1 Å². The summed E-state index contributed by atoms with van der Waals surface area (Å²) in [4.78, 5) is 8.04. The van der Waals surface area contributed by atoms with Crippen molar-refractivity contribution in [2.75, 3.05) is 12.8 Å². The van der Waals surface area contributed by atoms with E-state index in [2.05, 4.69) is 9.97 Å². The summed E-state index contributed by atoms with van der Waals surface area (Å²) in [5.41, 5.74) is 7.26. The number of anilines is 1. The second-order valence-corrected chi connectivity index (χ2v) is 3.91. The molecule has 0 amide bonds. The number of hydrogen-bond acceptors (Lipinski definition) is 5. The third kappa shape index (κ3) is 2.75. The number of nitrogen functional groups attached to an aromatic ring is 1. The number of aromatic nitrogens is 2. The third-order valence-corrected chi connectivity index (χ3v) is 2.67. The van der Waals surface area contributed by atoms with E-state index in [1.54, 1.807) is 37.7 Å². The molecule has 0 aliphatic carbocycles. The average Bonchev–Trinajstić information content (AvgIpc) is 2.40. The van der Waals surface area contributed by atoms with Crippen LogP contribution in [0.2, 0.25) is 0 Å². The summed E-state index contributed by atoms with van der Waals surface area (Å²) in [6.07, 6.45) is 3.02. The van der Waals surface area contributed by atoms with Gasteiger partial charge in [-0.2, -0.15) is 0 Å². The first-order chi connectivity index (χ1) is 8.70. The highest BCUT2D eigenvalue weighted by molar-refractivity contribution is 5.40. The molecule has 2 aromatic rings. The van der Waals surface area contributed by atoms with Gasteiger partial charge in [0.05, 0.1) is 13.2 Å². The second-order valence-electron chi connectivity index (χ2n) is 3.91. The van der Waals surface area contributed by atoms with Crippen molar-refractivity contribution in [3.8, 4) is 5.88 Å². The molecule has 0 aliphatic heterocycles. The number of pyridine rings is 2. The summed E-state index contributed by atoms with van der Waals surface area (Å²) in [5.74, 6) is 0.903. The minimum atomic E-state index is -0.686. The normalized spacial score (nSPS) is 12.1. The number of nitrogens with zero attached hydrogens (tertiary/aromatic N) is 2. The van der Waals surface area contributed by atoms with Crippen molar-refractivity contribution in [1.82, 2.24) is 9.97 Å². The molecule has 0 saturated heterocycles. The van der Waals surface area contributed by atoms with Crippen LogP contribution in [0, 0.1) is 0 Å². The van der Waals surface area contributed by atoms with Gasteiger partial charge >= 0.3 is 0 Å². The Kier molecular flexibility index (Phi) is 3.74. The van der Waals surface area contributed by atoms with Crippen LogP contribution >= 0.6 is 0 Å². The van der Waals surface area contributed by atoms with Gasteiger partial charge in [0, 0.05) is 30.4 Å². The molecular formula is C13H15N3O2. The number of ether oxygens (including phenoxy) is 1. The van der Waals surface area contributed by atoms with Crippen molar-refractivity contribution < 1.29 is 9.84 Å². The van der Waals surface area contributed by atoms with Gasteiger partial charge in [-0.3, -0.25) is 0 Å². The van der Waals surface area contributed by atoms with E-state index in [1.165, 1.54) is 0 Å². The third-order valence-electron chi connectivity index (χ3n) is 2.67. The zero-order valence-electron chi connectivity index (χ0n) is 10.1. The van der Waals surface area contributed by atoms with Gasteiger partial charge in [0.2, 0.25) is 5.88 Å². The monoisotopic (exact) mass is 245 g/mol. The molecule has 2 heterocycles. The predicted octanol–water partition coefficient (Wildman–Crippen LogP) is 1.34. The molecule has 0 bridgehead atoms. The van der Waals surface area contributed by atoms with Crippen LogP contribution in [-0.4, -0.2) is 22.2 Å². The Bertz CT molecular complexity index is 514. The first kappa shape index (κ1) is 12.3. The minimum Gasteiger partial charge on any atom is -0.481 e. The Balaban J connectivity index is 2.11. The number of methoxy groups -OCH3 is 1. The first-order valence-corrected chi connectivity index (χ1v) is 5.58. The lowest BCUT2D eigenvalue weighted by Gasteiger charge is -2.12. The van der Waals surface area contributed by atoms with E-state index in [9.17, 15) is 5.11 Å². The Morgan fingerprint density at radius 2 is 2.17 bits per heavy atom. The van der Waals surface area contributed by atoms with E-state index in [-0.39, 0.29) is 0 Å². The summed E-state index contributed by atoms with van der Waals surface area (Å²) >= 11 is 0. The zero-order chi connectivity index (χ0) is 13.0. The number of rotatable bonds is 4. The fourth-order valence-electron chi connectivity index (χ4n) is 1.70. The van der Waals surface area contributed by atoms with Gasteiger partial charge in [-0.05, 0) is 11.6 Å². The molecule has 0 radical (unpaired) electrons. The number of aliphatic hydroxyl groups excluding tert-OH is 1. The maximum absolute atomic E-state index is 10.1. The average molecular weight is 245 g/mol. The molecule has 1 atom stereocenters. The zero-order valence-corrected chi connectivity index (χ0v) is 10.1. The van der Waals surface area contributed by atoms with Crippen molar-refractivity contribution in [2.24, 2.45) is 0 Å². The molecule has 0 fully saturated rings. The Morgan fingerprint density at radius 1 is 1.33 bits per heavy atom. The lowest BCUT2D eigenvalue weighted by Crippen LogP contribution is -2.06. The van der Waals surface area contributed by atoms with Crippen LogP contribution in [0.4, 0.5) is 5.82 Å². The van der Waals surface area contributed by atoms with Crippen LogP contribution in [0.15, 0.2) is 36.7 Å². The van der Waals surface area contributed by atoms with Crippen LogP contribution in [0.3, 0.4) is 0 Å². The van der Waals surface area contributed by atoms with Gasteiger partial charge < -0.3 is 15.6 Å². The largest absolute Gasteiger partial charge is 0.481 e. The standard InChI is InChI=1S/C13H15N3O2/c1-18-12-5-4-9(8-16-12)7-11(17)10-3-2-6-15-13(10)14/h2-6,8,11,17H,7H2,1H3,(H2,14,15). The maximum Gasteiger partial charge on any atom is 0.212 e. The molecule has 2 rings (SSSR count). The summed E-state index contributed by atoms with van der Waals surface area (Å²) < 4.78 is 4.97. The number of hydrogen-bond donors (Lipinski definition) is 2. The van der Waals surface area contributed by atoms with Gasteiger partial charge in [-0.15, -0.1) is 0 Å². The Morgan fingerprint density at radius 3 is 2.78 bits per heavy atom. The summed E-state index contributed by atoms with van der Waals surface area (Å²) in [7, 11) is 1.56. The minimum absolute atomic E-state index is 0.353. The first-order valence-electron chi connectivity index (χ1n) is 5.58. The van der Waals surface area contributed by atoms with Gasteiger partial charge in [-0.25, -0.2) is 9.97 Å². The molecular weight excluding hydrogens is 230 g/mol. The van der Waals surface area contributed by atoms with Crippen LogP contribution in [-0.2, 0) is 6.42 Å². The Hall–Kier alpha value is -2.14. The number of nitrogens with two attached hydrogens (primary N) is 1. The van der Waals surface area contributed by atoms with Crippen molar-refractivity contribution in [2.45, 2.75) is 12.5 Å². The van der Waals surface area contributed by atoms with Gasteiger partial charge in [0.25, 0.3) is 0 Å². The topological polar surface area (TPSA) is 81.3 Å². The molecule has 3 N–H and O–H groups in total. The number of aliphatic hydroxyl groups is 1. The molecule has 5 heteroatoms. The highest BCUT2D eigenvalue weighted by atomic mass is 16.5. The second kappa shape index (κ2) is 5.46. The van der Waals surface area contributed by atoms with E-state index >= 15 is 0 Å². The molecule has 0 spiro atoms. The van der Waals surface area contributed by atoms with E-state index in [0.717, 1.165) is 5.56 Å². The van der Waals surface area contributed by atoms with Crippen molar-refractivity contribution in [3.63, 3.8) is 0 Å². The summed E-state index contributed by atoms with van der Waals surface area (Å²) in [5, 5.41) is 10.1. The molecule has 2 aromatic heterocycles. The predicted molar refractivity (Wildman–Crippen MR) is 68.1 cm³/mol. The molecule has 5 nitrogen and oxygen atoms in total. The molecule has 0 saturated carbocycles. The van der Waals surface area contributed by atoms with Crippen LogP contribution < -0.4 is 10.5 Å². The highest BCUT2D eigenvalue weighted by Crippen LogP contribution is 2.22. The molecule has 94 valence electrons. The van der Waals surface area contributed by atoms with Crippen LogP contribution in [0.25, 0.3) is 0 Å². The molecule has 1 unspecified atom stereocenters. The molecule has 0 aromatic carbocycles. The fraction of sp³-hybridized carbons (Fsp3) is 0.231.